The highest BCUT2D eigenvalue weighted by molar-refractivity contribution is 6.32. The van der Waals surface area contributed by atoms with Crippen molar-refractivity contribution in [2.75, 3.05) is 13.2 Å². The van der Waals surface area contributed by atoms with Crippen LogP contribution in [0.15, 0.2) is 47.6 Å². The number of para-hydroxylation sites is 1. The van der Waals surface area contributed by atoms with Crippen molar-refractivity contribution in [1.29, 1.82) is 0 Å². The monoisotopic (exact) mass is 395 g/mol. The molecule has 0 spiro atoms. The lowest BCUT2D eigenvalue weighted by Crippen LogP contribution is -2.24. The molecule has 9 heteroatoms. The highest BCUT2D eigenvalue weighted by Crippen LogP contribution is 2.25. The Morgan fingerprint density at radius 2 is 1.73 bits per heavy atom. The zero-order valence-electron chi connectivity index (χ0n) is 13.4. The van der Waals surface area contributed by atoms with Crippen molar-refractivity contribution in [2.24, 2.45) is 10.8 Å². The van der Waals surface area contributed by atoms with Gasteiger partial charge < -0.3 is 15.2 Å². The number of carbonyl (C=O) groups is 2. The first-order valence-corrected chi connectivity index (χ1v) is 8.11. The third-order valence-electron chi connectivity index (χ3n) is 2.92. The summed E-state index contributed by atoms with van der Waals surface area (Å²) in [4.78, 5) is 22.4. The number of rotatable bonds is 8. The fourth-order valence-electron chi connectivity index (χ4n) is 1.78. The van der Waals surface area contributed by atoms with E-state index in [2.05, 4.69) is 10.5 Å². The Hall–Kier alpha value is -2.77. The minimum Gasteiger partial charge on any atom is -0.482 e. The molecule has 136 valence electrons. The lowest BCUT2D eigenvalue weighted by molar-refractivity contribution is -0.123. The first kappa shape index (κ1) is 19.6. The summed E-state index contributed by atoms with van der Waals surface area (Å²) in [5, 5.41) is 4.51. The van der Waals surface area contributed by atoms with E-state index < -0.39 is 11.8 Å². The number of hydrogen-bond donors (Lipinski definition) is 2. The maximum absolute atomic E-state index is 11.7. The molecule has 0 radical (unpaired) electrons. The minimum atomic E-state index is -0.603. The summed E-state index contributed by atoms with van der Waals surface area (Å²) >= 11 is 12.0. The number of hydrogen-bond acceptors (Lipinski definition) is 5. The molecule has 7 nitrogen and oxygen atoms in total. The zero-order chi connectivity index (χ0) is 18.9. The largest absolute Gasteiger partial charge is 0.482 e. The SMILES string of the molecule is NC(=O)COc1ccc(C=NNC(=O)COc2ccccc2Cl)cc1Cl. The molecule has 0 fully saturated rings. The van der Waals surface area contributed by atoms with E-state index in [9.17, 15) is 9.59 Å². The van der Waals surface area contributed by atoms with Gasteiger partial charge >= 0.3 is 0 Å². The lowest BCUT2D eigenvalue weighted by Gasteiger charge is -2.07. The van der Waals surface area contributed by atoms with Crippen LogP contribution in [0.5, 0.6) is 11.5 Å². The second-order valence-corrected chi connectivity index (χ2v) is 5.77. The van der Waals surface area contributed by atoms with Gasteiger partial charge in [0.05, 0.1) is 16.3 Å². The van der Waals surface area contributed by atoms with Crippen molar-refractivity contribution in [2.45, 2.75) is 0 Å². The summed E-state index contributed by atoms with van der Waals surface area (Å²) in [5.74, 6) is -0.325. The molecule has 0 saturated carbocycles. The number of ether oxygens (including phenoxy) is 2. The molecule has 2 aromatic rings. The number of nitrogens with zero attached hydrogens (tertiary/aromatic N) is 1. The van der Waals surface area contributed by atoms with Gasteiger partial charge in [-0.15, -0.1) is 0 Å². The molecule has 0 aromatic heterocycles. The van der Waals surface area contributed by atoms with Crippen LogP contribution in [0.3, 0.4) is 0 Å². The van der Waals surface area contributed by atoms with Crippen LogP contribution in [0.1, 0.15) is 5.56 Å². The number of amides is 2. The molecule has 0 atom stereocenters. The van der Waals surface area contributed by atoms with E-state index in [1.807, 2.05) is 0 Å². The van der Waals surface area contributed by atoms with Gasteiger partial charge in [0.15, 0.2) is 13.2 Å². The fraction of sp³-hybridized carbons (Fsp3) is 0.118. The first-order valence-electron chi connectivity index (χ1n) is 7.35. The molecule has 0 aliphatic rings. The van der Waals surface area contributed by atoms with Crippen molar-refractivity contribution in [3.63, 3.8) is 0 Å². The molecule has 0 aliphatic carbocycles. The standard InChI is InChI=1S/C17H15Cl2N3O4/c18-12-3-1-2-4-14(12)26-10-17(24)22-21-8-11-5-6-15(13(19)7-11)25-9-16(20)23/h1-8H,9-10H2,(H2,20,23)(H,22,24). The molecular weight excluding hydrogens is 381 g/mol. The second kappa shape index (κ2) is 9.65. The number of nitrogens with two attached hydrogens (primary N) is 1. The van der Waals surface area contributed by atoms with Crippen molar-refractivity contribution < 1.29 is 19.1 Å². The van der Waals surface area contributed by atoms with Gasteiger partial charge in [0, 0.05) is 0 Å². The van der Waals surface area contributed by atoms with Crippen LogP contribution in [0.2, 0.25) is 10.0 Å². The molecular formula is C17H15Cl2N3O4. The molecule has 2 aromatic carbocycles. The van der Waals surface area contributed by atoms with Crippen LogP contribution in [-0.4, -0.2) is 31.2 Å². The van der Waals surface area contributed by atoms with Gasteiger partial charge in [-0.1, -0.05) is 35.3 Å². The van der Waals surface area contributed by atoms with E-state index in [1.54, 1.807) is 42.5 Å². The third kappa shape index (κ3) is 6.27. The van der Waals surface area contributed by atoms with E-state index in [0.717, 1.165) is 0 Å². The van der Waals surface area contributed by atoms with E-state index >= 15 is 0 Å². The minimum absolute atomic E-state index is 0.234. The van der Waals surface area contributed by atoms with Crippen molar-refractivity contribution >= 4 is 41.2 Å². The van der Waals surface area contributed by atoms with Crippen LogP contribution in [0.25, 0.3) is 0 Å². The van der Waals surface area contributed by atoms with Crippen molar-refractivity contribution in [1.82, 2.24) is 5.43 Å². The Morgan fingerprint density at radius 1 is 1.04 bits per heavy atom. The van der Waals surface area contributed by atoms with Gasteiger partial charge in [-0.25, -0.2) is 5.43 Å². The highest BCUT2D eigenvalue weighted by atomic mass is 35.5. The summed E-state index contributed by atoms with van der Waals surface area (Å²) in [6, 6.07) is 11.6. The molecule has 0 bridgehead atoms. The molecule has 2 rings (SSSR count). The average Bonchev–Trinajstić information content (AvgIpc) is 2.60. The van der Waals surface area contributed by atoms with Crippen LogP contribution in [0, 0.1) is 0 Å². The Balaban J connectivity index is 1.83. The predicted octanol–water partition coefficient (Wildman–Crippen LogP) is 2.39. The summed E-state index contributed by atoms with van der Waals surface area (Å²) in [6.45, 7) is -0.504. The predicted molar refractivity (Wildman–Crippen MR) is 98.8 cm³/mol. The molecule has 3 N–H and O–H groups in total. The van der Waals surface area contributed by atoms with E-state index in [4.69, 9.17) is 38.4 Å². The van der Waals surface area contributed by atoms with E-state index in [-0.39, 0.29) is 18.2 Å². The van der Waals surface area contributed by atoms with Gasteiger partial charge in [-0.05, 0) is 35.9 Å². The summed E-state index contributed by atoms with van der Waals surface area (Å²) < 4.78 is 10.4. The fourth-order valence-corrected chi connectivity index (χ4v) is 2.21. The maximum Gasteiger partial charge on any atom is 0.277 e. The van der Waals surface area contributed by atoms with Crippen molar-refractivity contribution in [3.05, 3.63) is 58.1 Å². The molecule has 0 unspecified atom stereocenters. The summed E-state index contributed by atoms with van der Waals surface area (Å²) in [7, 11) is 0. The quantitative estimate of drug-likeness (QED) is 0.528. The number of primary amides is 1. The van der Waals surface area contributed by atoms with Gasteiger partial charge in [0.1, 0.15) is 11.5 Å². The van der Waals surface area contributed by atoms with E-state index in [0.29, 0.717) is 22.1 Å². The topological polar surface area (TPSA) is 103 Å². The Bertz CT molecular complexity index is 827. The third-order valence-corrected chi connectivity index (χ3v) is 3.53. The highest BCUT2D eigenvalue weighted by Gasteiger charge is 2.05. The average molecular weight is 396 g/mol. The van der Waals surface area contributed by atoms with Gasteiger partial charge in [0.25, 0.3) is 11.8 Å². The maximum atomic E-state index is 11.7. The van der Waals surface area contributed by atoms with Gasteiger partial charge in [-0.2, -0.15) is 5.10 Å². The molecule has 0 aliphatic heterocycles. The van der Waals surface area contributed by atoms with Crippen LogP contribution >= 0.6 is 23.2 Å². The van der Waals surface area contributed by atoms with E-state index in [1.165, 1.54) is 6.21 Å². The van der Waals surface area contributed by atoms with Gasteiger partial charge in [-0.3, -0.25) is 9.59 Å². The number of carbonyl (C=O) groups excluding carboxylic acids is 2. The summed E-state index contributed by atoms with van der Waals surface area (Å²) in [5.41, 5.74) is 7.94. The summed E-state index contributed by atoms with van der Waals surface area (Å²) in [6.07, 6.45) is 1.40. The lowest BCUT2D eigenvalue weighted by atomic mass is 10.2. The normalized spacial score (nSPS) is 10.5. The molecule has 2 amide bonds. The number of hydrazone groups is 1. The van der Waals surface area contributed by atoms with Crippen LogP contribution in [-0.2, 0) is 9.59 Å². The van der Waals surface area contributed by atoms with Crippen molar-refractivity contribution in [3.8, 4) is 11.5 Å². The first-order chi connectivity index (χ1) is 12.5. The Labute approximate surface area is 159 Å². The van der Waals surface area contributed by atoms with Gasteiger partial charge in [0.2, 0.25) is 0 Å². The smallest absolute Gasteiger partial charge is 0.277 e. The molecule has 26 heavy (non-hydrogen) atoms. The van der Waals surface area contributed by atoms with Crippen LogP contribution < -0.4 is 20.6 Å². The number of halogens is 2. The number of benzene rings is 2. The zero-order valence-corrected chi connectivity index (χ0v) is 15.0. The Morgan fingerprint density at radius 3 is 2.42 bits per heavy atom. The molecule has 0 heterocycles. The second-order valence-electron chi connectivity index (χ2n) is 4.96. The molecule has 0 saturated heterocycles. The number of nitrogens with one attached hydrogen (secondary N) is 1. The Kier molecular flexibility index (Phi) is 7.25. The van der Waals surface area contributed by atoms with Crippen LogP contribution in [0.4, 0.5) is 0 Å².